The van der Waals surface area contributed by atoms with E-state index in [0.29, 0.717) is 12.0 Å². The van der Waals surface area contributed by atoms with Gasteiger partial charge in [-0.05, 0) is 37.3 Å². The molecule has 2 amide bonds. The molecule has 0 spiro atoms. The molecule has 0 bridgehead atoms. The Bertz CT molecular complexity index is 969. The molecule has 0 radical (unpaired) electrons. The van der Waals surface area contributed by atoms with E-state index in [-0.39, 0.29) is 36.5 Å². The summed E-state index contributed by atoms with van der Waals surface area (Å²) >= 11 is 0. The van der Waals surface area contributed by atoms with E-state index in [1.54, 1.807) is 23.1 Å². The molecular formula is C25H31N3O4. The van der Waals surface area contributed by atoms with Gasteiger partial charge in [-0.3, -0.25) is 19.7 Å². The lowest BCUT2D eigenvalue weighted by Crippen LogP contribution is -2.51. The number of aryl methyl sites for hydroxylation is 1. The van der Waals surface area contributed by atoms with E-state index in [2.05, 4.69) is 5.32 Å². The predicted octanol–water partition coefficient (Wildman–Crippen LogP) is 4.31. The van der Waals surface area contributed by atoms with Gasteiger partial charge in [-0.1, -0.05) is 62.2 Å². The summed E-state index contributed by atoms with van der Waals surface area (Å²) in [5, 5.41) is 14.5. The van der Waals surface area contributed by atoms with Gasteiger partial charge in [0.25, 0.3) is 5.69 Å². The highest BCUT2D eigenvalue weighted by atomic mass is 16.6. The third-order valence-electron chi connectivity index (χ3n) is 6.22. The summed E-state index contributed by atoms with van der Waals surface area (Å²) in [5.74, 6) is -0.445. The molecule has 1 fully saturated rings. The fraction of sp³-hybridized carbons (Fsp3) is 0.440. The largest absolute Gasteiger partial charge is 0.352 e. The molecule has 7 heteroatoms. The predicted molar refractivity (Wildman–Crippen MR) is 123 cm³/mol. The second kappa shape index (κ2) is 10.9. The van der Waals surface area contributed by atoms with Crippen LogP contribution in [0.3, 0.4) is 0 Å². The van der Waals surface area contributed by atoms with Gasteiger partial charge in [-0.15, -0.1) is 0 Å². The Morgan fingerprint density at radius 3 is 2.34 bits per heavy atom. The summed E-state index contributed by atoms with van der Waals surface area (Å²) in [7, 11) is 0. The molecule has 3 rings (SSSR count). The minimum atomic E-state index is -0.634. The number of rotatable bonds is 9. The van der Waals surface area contributed by atoms with Crippen LogP contribution in [-0.4, -0.2) is 33.7 Å². The summed E-state index contributed by atoms with van der Waals surface area (Å²) in [4.78, 5) is 39.2. The van der Waals surface area contributed by atoms with E-state index in [9.17, 15) is 19.7 Å². The third kappa shape index (κ3) is 5.72. The zero-order valence-corrected chi connectivity index (χ0v) is 18.8. The van der Waals surface area contributed by atoms with Crippen LogP contribution in [0, 0.1) is 17.0 Å². The number of para-hydroxylation sites is 1. The van der Waals surface area contributed by atoms with Gasteiger partial charge in [0, 0.05) is 24.2 Å². The van der Waals surface area contributed by atoms with Gasteiger partial charge in [-0.2, -0.15) is 0 Å². The van der Waals surface area contributed by atoms with E-state index in [4.69, 9.17) is 0 Å². The lowest BCUT2D eigenvalue weighted by Gasteiger charge is -2.32. The molecule has 0 aliphatic heterocycles. The first-order chi connectivity index (χ1) is 15.4. The number of amides is 2. The Balaban J connectivity index is 1.88. The minimum absolute atomic E-state index is 0.0832. The molecule has 7 nitrogen and oxygen atoms in total. The van der Waals surface area contributed by atoms with Crippen molar-refractivity contribution in [3.63, 3.8) is 0 Å². The molecule has 170 valence electrons. The van der Waals surface area contributed by atoms with Crippen LogP contribution >= 0.6 is 0 Å². The lowest BCUT2D eigenvalue weighted by molar-refractivity contribution is -0.385. The smallest absolute Gasteiger partial charge is 0.273 e. The van der Waals surface area contributed by atoms with Crippen molar-refractivity contribution in [1.29, 1.82) is 0 Å². The Hall–Kier alpha value is -3.22. The molecule has 1 saturated carbocycles. The van der Waals surface area contributed by atoms with Gasteiger partial charge in [0.15, 0.2) is 0 Å². The lowest BCUT2D eigenvalue weighted by atomic mass is 10.0. The summed E-state index contributed by atoms with van der Waals surface area (Å²) in [6.07, 6.45) is 4.47. The Morgan fingerprint density at radius 2 is 1.72 bits per heavy atom. The van der Waals surface area contributed by atoms with Crippen LogP contribution in [0.4, 0.5) is 5.69 Å². The van der Waals surface area contributed by atoms with Crippen molar-refractivity contribution in [3.8, 4) is 0 Å². The van der Waals surface area contributed by atoms with Crippen molar-refractivity contribution in [2.24, 2.45) is 0 Å². The molecule has 0 saturated heterocycles. The number of carbonyl (C=O) groups is 2. The molecule has 2 aromatic rings. The van der Waals surface area contributed by atoms with Gasteiger partial charge in [0.2, 0.25) is 11.8 Å². The molecule has 1 atom stereocenters. The SMILES string of the molecule is CCC(C(=O)NC1CCCC1)N(Cc1ccccc1C)C(=O)Cc1ccccc1[N+](=O)[O-]. The topological polar surface area (TPSA) is 92.6 Å². The number of nitrogens with one attached hydrogen (secondary N) is 1. The Kier molecular flexibility index (Phi) is 7.98. The zero-order valence-electron chi connectivity index (χ0n) is 18.8. The fourth-order valence-corrected chi connectivity index (χ4v) is 4.36. The molecular weight excluding hydrogens is 406 g/mol. The number of hydrogen-bond acceptors (Lipinski definition) is 4. The molecule has 1 unspecified atom stereocenters. The number of hydrogen-bond donors (Lipinski definition) is 1. The second-order valence-electron chi connectivity index (χ2n) is 8.42. The van der Waals surface area contributed by atoms with Gasteiger partial charge in [0.1, 0.15) is 6.04 Å². The van der Waals surface area contributed by atoms with Crippen molar-refractivity contribution in [1.82, 2.24) is 10.2 Å². The average Bonchev–Trinajstić information content (AvgIpc) is 3.28. The van der Waals surface area contributed by atoms with Crippen LogP contribution in [0.15, 0.2) is 48.5 Å². The highest BCUT2D eigenvalue weighted by molar-refractivity contribution is 5.89. The summed E-state index contributed by atoms with van der Waals surface area (Å²) < 4.78 is 0. The molecule has 2 aromatic carbocycles. The molecule has 1 N–H and O–H groups in total. The average molecular weight is 438 g/mol. The van der Waals surface area contributed by atoms with Crippen molar-refractivity contribution in [2.75, 3.05) is 0 Å². The first kappa shape index (κ1) is 23.4. The maximum Gasteiger partial charge on any atom is 0.273 e. The Labute approximate surface area is 189 Å². The normalized spacial score (nSPS) is 14.7. The van der Waals surface area contributed by atoms with Gasteiger partial charge in [-0.25, -0.2) is 0 Å². The van der Waals surface area contributed by atoms with E-state index in [1.807, 2.05) is 38.1 Å². The van der Waals surface area contributed by atoms with Crippen LogP contribution in [0.25, 0.3) is 0 Å². The fourth-order valence-electron chi connectivity index (χ4n) is 4.36. The number of nitro benzene ring substituents is 1. The van der Waals surface area contributed by atoms with Crippen molar-refractivity contribution < 1.29 is 14.5 Å². The Morgan fingerprint density at radius 1 is 1.09 bits per heavy atom. The van der Waals surface area contributed by atoms with E-state index in [0.717, 1.165) is 36.8 Å². The van der Waals surface area contributed by atoms with Gasteiger partial charge < -0.3 is 10.2 Å². The molecule has 0 heterocycles. The van der Waals surface area contributed by atoms with Crippen molar-refractivity contribution in [3.05, 3.63) is 75.3 Å². The molecule has 0 aromatic heterocycles. The van der Waals surface area contributed by atoms with Gasteiger partial charge >= 0.3 is 0 Å². The minimum Gasteiger partial charge on any atom is -0.352 e. The maximum atomic E-state index is 13.5. The third-order valence-corrected chi connectivity index (χ3v) is 6.22. The zero-order chi connectivity index (χ0) is 23.1. The van der Waals surface area contributed by atoms with Crippen molar-refractivity contribution >= 4 is 17.5 Å². The summed E-state index contributed by atoms with van der Waals surface area (Å²) in [6.45, 7) is 4.14. The van der Waals surface area contributed by atoms with Crippen LogP contribution in [-0.2, 0) is 22.6 Å². The summed E-state index contributed by atoms with van der Waals surface area (Å²) in [5.41, 5.74) is 2.25. The standard InChI is InChI=1S/C25H31N3O4/c1-3-22(25(30)26-21-13-7-8-14-21)27(17-20-12-5-4-10-18(20)2)24(29)16-19-11-6-9-15-23(19)28(31)32/h4-6,9-12,15,21-22H,3,7-8,13-14,16-17H2,1-2H3,(H,26,30). The first-order valence-electron chi connectivity index (χ1n) is 11.3. The number of benzene rings is 2. The van der Waals surface area contributed by atoms with Crippen LogP contribution in [0.1, 0.15) is 55.7 Å². The maximum absolute atomic E-state index is 13.5. The first-order valence-corrected chi connectivity index (χ1v) is 11.3. The molecule has 1 aliphatic carbocycles. The van der Waals surface area contributed by atoms with E-state index in [1.165, 1.54) is 6.07 Å². The van der Waals surface area contributed by atoms with E-state index >= 15 is 0 Å². The number of nitro groups is 1. The highest BCUT2D eigenvalue weighted by Crippen LogP contribution is 2.23. The van der Waals surface area contributed by atoms with Crippen LogP contribution in [0.5, 0.6) is 0 Å². The quantitative estimate of drug-likeness (QED) is 0.467. The van der Waals surface area contributed by atoms with Crippen molar-refractivity contribution in [2.45, 2.75) is 71.0 Å². The second-order valence-corrected chi connectivity index (χ2v) is 8.42. The highest BCUT2D eigenvalue weighted by Gasteiger charge is 2.31. The number of nitrogens with zero attached hydrogens (tertiary/aromatic N) is 2. The van der Waals surface area contributed by atoms with Crippen LogP contribution < -0.4 is 5.32 Å². The summed E-state index contributed by atoms with van der Waals surface area (Å²) in [6, 6.07) is 13.6. The van der Waals surface area contributed by atoms with E-state index < -0.39 is 11.0 Å². The monoisotopic (exact) mass is 437 g/mol. The molecule has 1 aliphatic rings. The molecule has 32 heavy (non-hydrogen) atoms. The van der Waals surface area contributed by atoms with Crippen LogP contribution in [0.2, 0.25) is 0 Å². The number of carbonyl (C=O) groups excluding carboxylic acids is 2. The van der Waals surface area contributed by atoms with Gasteiger partial charge in [0.05, 0.1) is 11.3 Å².